The molecule has 2 N–H and O–H groups in total. The summed E-state index contributed by atoms with van der Waals surface area (Å²) < 4.78 is 0. The van der Waals surface area contributed by atoms with Crippen molar-refractivity contribution >= 4 is 6.21 Å². The van der Waals surface area contributed by atoms with Crippen LogP contribution in [0.4, 0.5) is 0 Å². The summed E-state index contributed by atoms with van der Waals surface area (Å²) in [6, 6.07) is 10.6. The van der Waals surface area contributed by atoms with Gasteiger partial charge in [0.25, 0.3) is 0 Å². The fourth-order valence-electron chi connectivity index (χ4n) is 4.44. The number of fused-ring (bicyclic) bond motifs is 4. The highest BCUT2D eigenvalue weighted by molar-refractivity contribution is 5.81. The van der Waals surface area contributed by atoms with Gasteiger partial charge in [0.15, 0.2) is 0 Å². The van der Waals surface area contributed by atoms with E-state index < -0.39 is 5.54 Å². The molecule has 0 spiro atoms. The highest BCUT2D eigenvalue weighted by Gasteiger charge is 2.46. The average molecular weight is 346 g/mol. The maximum Gasteiger partial charge on any atom is 0.248 e. The molecule has 4 rings (SSSR count). The molecule has 0 saturated carbocycles. The smallest absolute Gasteiger partial charge is 0.248 e. The summed E-state index contributed by atoms with van der Waals surface area (Å²) in [6.07, 6.45) is 7.88. The van der Waals surface area contributed by atoms with Crippen molar-refractivity contribution in [3.05, 3.63) is 86.9 Å². The van der Waals surface area contributed by atoms with Crippen LogP contribution in [0.2, 0.25) is 0 Å². The maximum atomic E-state index is 11.8. The lowest BCUT2D eigenvalue weighted by Gasteiger charge is -2.45. The van der Waals surface area contributed by atoms with E-state index in [0.717, 1.165) is 29.7 Å². The molecular formula is C22H22N2O2. The Bertz CT molecular complexity index is 1010. The minimum atomic E-state index is -0.499. The van der Waals surface area contributed by atoms with Crippen LogP contribution in [0.15, 0.2) is 69.5 Å². The molecule has 1 aromatic carbocycles. The second kappa shape index (κ2) is 6.13. The molecule has 2 aromatic rings. The van der Waals surface area contributed by atoms with E-state index in [1.165, 1.54) is 11.1 Å². The van der Waals surface area contributed by atoms with Gasteiger partial charge in [0.1, 0.15) is 11.3 Å². The van der Waals surface area contributed by atoms with Gasteiger partial charge in [-0.25, -0.2) is 0 Å². The van der Waals surface area contributed by atoms with Gasteiger partial charge in [0.05, 0.1) is 0 Å². The third-order valence-corrected chi connectivity index (χ3v) is 5.38. The topological polar surface area (TPSA) is 65.5 Å². The van der Waals surface area contributed by atoms with Crippen LogP contribution < -0.4 is 5.56 Å². The first-order valence-corrected chi connectivity index (χ1v) is 8.93. The lowest BCUT2D eigenvalue weighted by atomic mass is 9.63. The van der Waals surface area contributed by atoms with E-state index in [2.05, 4.69) is 31.0 Å². The Morgan fingerprint density at radius 3 is 2.92 bits per heavy atom. The van der Waals surface area contributed by atoms with Gasteiger partial charge in [-0.3, -0.25) is 9.79 Å². The summed E-state index contributed by atoms with van der Waals surface area (Å²) in [5.74, 6) is 0.476. The van der Waals surface area contributed by atoms with Crippen molar-refractivity contribution in [3.63, 3.8) is 0 Å². The second-order valence-corrected chi connectivity index (χ2v) is 7.17. The number of aromatic amines is 1. The Balaban J connectivity index is 1.92. The van der Waals surface area contributed by atoms with Gasteiger partial charge in [0, 0.05) is 35.9 Å². The number of rotatable bonds is 2. The summed E-state index contributed by atoms with van der Waals surface area (Å²) in [7, 11) is 0. The number of phenolic OH excluding ortho intramolecular Hbond substituents is 1. The summed E-state index contributed by atoms with van der Waals surface area (Å²) in [6.45, 7) is 4.21. The van der Waals surface area contributed by atoms with Crippen LogP contribution in [0.5, 0.6) is 5.75 Å². The molecule has 2 aliphatic rings. The number of phenols is 1. The predicted octanol–water partition coefficient (Wildman–Crippen LogP) is 3.86. The zero-order valence-electron chi connectivity index (χ0n) is 15.0. The molecule has 2 bridgehead atoms. The largest absolute Gasteiger partial charge is 0.508 e. The van der Waals surface area contributed by atoms with E-state index in [0.29, 0.717) is 0 Å². The minimum absolute atomic E-state index is 0.0708. The fraction of sp³-hybridized carbons (Fsp3) is 0.273. The molecule has 0 radical (unpaired) electrons. The number of aromatic hydroxyl groups is 1. The Morgan fingerprint density at radius 2 is 2.15 bits per heavy atom. The minimum Gasteiger partial charge on any atom is -0.508 e. The van der Waals surface area contributed by atoms with Crippen LogP contribution in [0.25, 0.3) is 0 Å². The van der Waals surface area contributed by atoms with E-state index in [-0.39, 0.29) is 17.2 Å². The van der Waals surface area contributed by atoms with E-state index in [4.69, 9.17) is 4.99 Å². The van der Waals surface area contributed by atoms with Crippen molar-refractivity contribution in [3.8, 4) is 5.75 Å². The lowest BCUT2D eigenvalue weighted by molar-refractivity contribution is 0.413. The van der Waals surface area contributed by atoms with Crippen molar-refractivity contribution in [2.24, 2.45) is 10.9 Å². The first kappa shape index (κ1) is 16.6. The third kappa shape index (κ3) is 2.62. The summed E-state index contributed by atoms with van der Waals surface area (Å²) in [4.78, 5) is 19.9. The maximum absolute atomic E-state index is 11.8. The highest BCUT2D eigenvalue weighted by atomic mass is 16.3. The molecule has 132 valence electrons. The number of aromatic nitrogens is 1. The molecule has 1 heterocycles. The molecule has 26 heavy (non-hydrogen) atoms. The molecule has 0 saturated heterocycles. The molecule has 2 atom stereocenters. The van der Waals surface area contributed by atoms with Crippen LogP contribution in [0, 0.1) is 5.92 Å². The number of nitrogens with zero attached hydrogens (tertiary/aromatic N) is 1. The normalized spacial score (nSPS) is 26.0. The van der Waals surface area contributed by atoms with Crippen LogP contribution in [-0.4, -0.2) is 16.3 Å². The van der Waals surface area contributed by atoms with Gasteiger partial charge in [-0.1, -0.05) is 29.9 Å². The second-order valence-electron chi connectivity index (χ2n) is 7.17. The molecule has 1 aromatic heterocycles. The predicted molar refractivity (Wildman–Crippen MR) is 104 cm³/mol. The van der Waals surface area contributed by atoms with Gasteiger partial charge in [-0.2, -0.15) is 0 Å². The number of nitrogens with one attached hydrogen (secondary N) is 1. The Hall–Kier alpha value is -2.88. The van der Waals surface area contributed by atoms with Gasteiger partial charge in [-0.15, -0.1) is 0 Å². The van der Waals surface area contributed by atoms with Gasteiger partial charge >= 0.3 is 0 Å². The van der Waals surface area contributed by atoms with Crippen molar-refractivity contribution in [1.29, 1.82) is 0 Å². The summed E-state index contributed by atoms with van der Waals surface area (Å²) in [5, 5.41) is 9.73. The van der Waals surface area contributed by atoms with E-state index in [1.54, 1.807) is 18.2 Å². The number of H-pyrrole nitrogens is 1. The zero-order chi connectivity index (χ0) is 18.3. The molecular weight excluding hydrogens is 324 g/mol. The van der Waals surface area contributed by atoms with Crippen molar-refractivity contribution < 1.29 is 5.11 Å². The van der Waals surface area contributed by atoms with Gasteiger partial charge in [-0.05, 0) is 49.6 Å². The molecule has 0 amide bonds. The van der Waals surface area contributed by atoms with Crippen molar-refractivity contribution in [2.75, 3.05) is 0 Å². The monoisotopic (exact) mass is 346 g/mol. The Morgan fingerprint density at radius 1 is 1.31 bits per heavy atom. The molecule has 4 heteroatoms. The van der Waals surface area contributed by atoms with Crippen LogP contribution in [0.1, 0.15) is 37.1 Å². The SMILES string of the molecule is CC=C1C2C=C(C)CC1(N=Cc1cccc(O)c1)c1ccc(=O)[nH]c1C2. The number of allylic oxidation sites excluding steroid dienone is 2. The number of pyridine rings is 1. The number of hydrogen-bond acceptors (Lipinski definition) is 3. The number of aliphatic imine (C=N–C) groups is 1. The van der Waals surface area contributed by atoms with Crippen LogP contribution >= 0.6 is 0 Å². The van der Waals surface area contributed by atoms with Gasteiger partial charge < -0.3 is 10.1 Å². The van der Waals surface area contributed by atoms with E-state index in [1.807, 2.05) is 24.4 Å². The third-order valence-electron chi connectivity index (χ3n) is 5.38. The average Bonchev–Trinajstić information content (AvgIpc) is 2.59. The summed E-state index contributed by atoms with van der Waals surface area (Å²) in [5.41, 5.74) is 4.93. The fourth-order valence-corrected chi connectivity index (χ4v) is 4.44. The standard InChI is InChI=1S/C22H22N2O2/c1-3-18-16-9-14(2)12-22(18,19-7-8-21(26)24-20(19)11-16)23-13-15-5-4-6-17(25)10-15/h3-10,13,16,25H,11-12H2,1-2H3,(H,24,26). The van der Waals surface area contributed by atoms with E-state index >= 15 is 0 Å². The van der Waals surface area contributed by atoms with Crippen molar-refractivity contribution in [2.45, 2.75) is 32.2 Å². The van der Waals surface area contributed by atoms with Crippen LogP contribution in [-0.2, 0) is 12.0 Å². The van der Waals surface area contributed by atoms with Crippen LogP contribution in [0.3, 0.4) is 0 Å². The quantitative estimate of drug-likeness (QED) is 0.640. The number of benzene rings is 1. The molecule has 4 nitrogen and oxygen atoms in total. The molecule has 0 fully saturated rings. The van der Waals surface area contributed by atoms with Gasteiger partial charge in [0.2, 0.25) is 5.56 Å². The number of hydrogen-bond donors (Lipinski definition) is 2. The highest BCUT2D eigenvalue weighted by Crippen LogP contribution is 2.51. The molecule has 2 unspecified atom stereocenters. The van der Waals surface area contributed by atoms with Crippen molar-refractivity contribution in [1.82, 2.24) is 4.98 Å². The summed E-state index contributed by atoms with van der Waals surface area (Å²) >= 11 is 0. The Labute approximate surface area is 152 Å². The first-order chi connectivity index (χ1) is 12.5. The molecule has 2 aliphatic carbocycles. The van der Waals surface area contributed by atoms with E-state index in [9.17, 15) is 9.90 Å². The zero-order valence-corrected chi connectivity index (χ0v) is 15.0. The Kier molecular flexibility index (Phi) is 3.91. The first-order valence-electron chi connectivity index (χ1n) is 8.93. The lowest BCUT2D eigenvalue weighted by Crippen LogP contribution is -2.40. The molecule has 0 aliphatic heterocycles.